The molecular formula is C80H40N6O4. The highest BCUT2D eigenvalue weighted by Crippen LogP contribution is 2.57. The molecule has 0 aliphatic carbocycles. The van der Waals surface area contributed by atoms with E-state index in [0.29, 0.717) is 22.7 Å². The first-order valence-electron chi connectivity index (χ1n) is 30.0. The SMILES string of the molecule is [C-]#[N+]c1c(-n2c3ccccc3c3c4oc5ccccc5c4ccc32)c([N+]#[C-])c(-n2c3ccccc3c3c4oc5ccccc5c4ccc32)c(-n2c3ccccc3c3c4oc5ccccc5c4ccc32)c1-n1c2ccccc2c2c3oc4ccccc4c3ccc21. The van der Waals surface area contributed by atoms with Gasteiger partial charge >= 0.3 is 0 Å². The van der Waals surface area contributed by atoms with Gasteiger partial charge in [0.15, 0.2) is 0 Å². The fraction of sp³-hybridized carbons (Fsp3) is 0. The second kappa shape index (κ2) is 17.0. The highest BCUT2D eigenvalue weighted by atomic mass is 16.3. The summed E-state index contributed by atoms with van der Waals surface area (Å²) in [6.45, 7) is 20.3. The minimum atomic E-state index is 0.260. The van der Waals surface area contributed by atoms with Gasteiger partial charge in [0.05, 0.1) is 102 Å². The van der Waals surface area contributed by atoms with E-state index >= 15 is 0 Å². The molecule has 0 amide bonds. The Kier molecular flexibility index (Phi) is 8.98. The Labute approximate surface area is 507 Å². The van der Waals surface area contributed by atoms with Crippen LogP contribution in [0.2, 0.25) is 0 Å². The zero-order valence-corrected chi connectivity index (χ0v) is 47.4. The van der Waals surface area contributed by atoms with Crippen LogP contribution < -0.4 is 0 Å². The van der Waals surface area contributed by atoms with Crippen molar-refractivity contribution in [2.45, 2.75) is 0 Å². The number of hydrogen-bond acceptors (Lipinski definition) is 4. The largest absolute Gasteiger partial charge is 0.455 e. The van der Waals surface area contributed by atoms with Gasteiger partial charge in [-0.05, 0) is 97.1 Å². The number of rotatable bonds is 4. The van der Waals surface area contributed by atoms with Crippen LogP contribution in [0.15, 0.2) is 260 Å². The van der Waals surface area contributed by atoms with Gasteiger partial charge in [-0.1, -0.05) is 146 Å². The van der Waals surface area contributed by atoms with E-state index < -0.39 is 0 Å². The molecule has 90 heavy (non-hydrogen) atoms. The summed E-state index contributed by atoms with van der Waals surface area (Å²) in [6, 6.07) is 83.6. The molecule has 21 aromatic rings. The molecule has 0 radical (unpaired) electrons. The van der Waals surface area contributed by atoms with Gasteiger partial charge in [0.25, 0.3) is 0 Å². The minimum Gasteiger partial charge on any atom is -0.455 e. The van der Waals surface area contributed by atoms with Gasteiger partial charge in [-0.15, -0.1) is 0 Å². The van der Waals surface area contributed by atoms with Gasteiger partial charge in [-0.3, -0.25) is 0 Å². The fourth-order valence-corrected chi connectivity index (χ4v) is 15.6. The van der Waals surface area contributed by atoms with Crippen LogP contribution in [-0.2, 0) is 0 Å². The molecule has 414 valence electrons. The molecule has 21 rings (SSSR count). The number of para-hydroxylation sites is 8. The second-order valence-electron chi connectivity index (χ2n) is 23.5. The van der Waals surface area contributed by atoms with Gasteiger partial charge in [0.2, 0.25) is 11.4 Å². The molecule has 0 atom stereocenters. The number of aromatic nitrogens is 4. The Morgan fingerprint density at radius 2 is 0.444 bits per heavy atom. The van der Waals surface area contributed by atoms with E-state index in [-0.39, 0.29) is 11.4 Å². The van der Waals surface area contributed by atoms with Gasteiger partial charge < -0.3 is 35.9 Å². The van der Waals surface area contributed by atoms with E-state index in [4.69, 9.17) is 27.4 Å². The fourth-order valence-electron chi connectivity index (χ4n) is 15.6. The molecule has 0 unspecified atom stereocenters. The third kappa shape index (κ3) is 5.81. The maximum absolute atomic E-state index is 10.1. The first kappa shape index (κ1) is 47.5. The average Bonchev–Trinajstić information content (AvgIpc) is 1.47. The predicted molar refractivity (Wildman–Crippen MR) is 365 cm³/mol. The van der Waals surface area contributed by atoms with Crippen LogP contribution >= 0.6 is 0 Å². The Bertz CT molecular complexity index is 6720. The zero-order valence-electron chi connectivity index (χ0n) is 47.4. The Balaban J connectivity index is 1.06. The van der Waals surface area contributed by atoms with Crippen molar-refractivity contribution in [3.8, 4) is 22.7 Å². The molecule has 8 heterocycles. The standard InChI is InChI=1S/C80H40N6O4/c1-81-71-73(83-55-27-11-3-23-51(55)67-59(83)39-35-47-43-19-7-15-31-63(43)87-77(47)67)72(82-2)75(85-57-29-13-5-25-53(57)69-61(85)41-37-49-45-21-9-17-33-65(45)89-79(49)69)76(86-58-30-14-6-26-54(58)70-62(86)42-38-50-46-22-10-18-34-66(46)90-80(50)70)74(71)84-56-28-12-4-24-52(56)68-60(84)40-36-48-44-20-8-16-32-64(44)88-78(48)68/h3-42H. The number of nitrogens with zero attached hydrogens (tertiary/aromatic N) is 6. The topological polar surface area (TPSA) is 81.0 Å². The summed E-state index contributed by atoms with van der Waals surface area (Å²) in [5, 5.41) is 15.3. The molecule has 0 saturated carbocycles. The molecule has 0 N–H and O–H groups in total. The Hall–Kier alpha value is -12.8. The number of furan rings is 4. The van der Waals surface area contributed by atoms with Gasteiger partial charge in [0, 0.05) is 64.6 Å². The van der Waals surface area contributed by atoms with Gasteiger partial charge in [0.1, 0.15) is 44.7 Å². The third-order valence-corrected chi connectivity index (χ3v) is 19.2. The van der Waals surface area contributed by atoms with Crippen LogP contribution in [-0.4, -0.2) is 18.3 Å². The molecular weight excluding hydrogens is 1110 g/mol. The lowest BCUT2D eigenvalue weighted by Crippen LogP contribution is -2.12. The maximum Gasteiger partial charge on any atom is 0.225 e. The lowest BCUT2D eigenvalue weighted by Gasteiger charge is -2.27. The average molecular weight is 1150 g/mol. The normalized spacial score (nSPS) is 12.4. The molecule has 8 aromatic heterocycles. The van der Waals surface area contributed by atoms with Crippen LogP contribution in [0, 0.1) is 13.1 Å². The minimum absolute atomic E-state index is 0.260. The summed E-state index contributed by atoms with van der Waals surface area (Å²) in [7, 11) is 0. The second-order valence-corrected chi connectivity index (χ2v) is 23.5. The summed E-state index contributed by atoms with van der Waals surface area (Å²) < 4.78 is 37.0. The van der Waals surface area contributed by atoms with Crippen molar-refractivity contribution in [3.05, 3.63) is 265 Å². The van der Waals surface area contributed by atoms with E-state index in [1.807, 2.05) is 78.9 Å². The molecule has 0 fully saturated rings. The van der Waals surface area contributed by atoms with E-state index in [1.165, 1.54) is 0 Å². The van der Waals surface area contributed by atoms with E-state index in [0.717, 1.165) is 175 Å². The highest BCUT2D eigenvalue weighted by Gasteiger charge is 2.36. The van der Waals surface area contributed by atoms with Crippen LogP contribution in [0.3, 0.4) is 0 Å². The molecule has 13 aromatic carbocycles. The number of benzene rings is 13. The summed E-state index contributed by atoms with van der Waals surface area (Å²) in [5.74, 6) is 0. The zero-order chi connectivity index (χ0) is 58.8. The van der Waals surface area contributed by atoms with Crippen molar-refractivity contribution in [1.82, 2.24) is 18.3 Å². The van der Waals surface area contributed by atoms with Crippen LogP contribution in [0.1, 0.15) is 0 Å². The Morgan fingerprint density at radius 1 is 0.211 bits per heavy atom. The Morgan fingerprint density at radius 3 is 0.722 bits per heavy atom. The summed E-state index contributed by atoms with van der Waals surface area (Å²) in [4.78, 5) is 9.79. The first-order chi connectivity index (χ1) is 44.6. The monoisotopic (exact) mass is 1150 g/mol. The summed E-state index contributed by atoms with van der Waals surface area (Å²) in [6.07, 6.45) is 0. The third-order valence-electron chi connectivity index (χ3n) is 19.2. The molecule has 10 nitrogen and oxygen atoms in total. The highest BCUT2D eigenvalue weighted by molar-refractivity contribution is 6.30. The lowest BCUT2D eigenvalue weighted by atomic mass is 10.1. The molecule has 0 bridgehead atoms. The van der Waals surface area contributed by atoms with Crippen LogP contribution in [0.25, 0.3) is 207 Å². The van der Waals surface area contributed by atoms with Crippen molar-refractivity contribution in [3.63, 3.8) is 0 Å². The summed E-state index contributed by atoms with van der Waals surface area (Å²) >= 11 is 0. The number of hydrogen-bond donors (Lipinski definition) is 0. The number of fused-ring (bicyclic) bond motifs is 28. The predicted octanol–water partition coefficient (Wildman–Crippen LogP) is 22.8. The molecule has 0 saturated heterocycles. The van der Waals surface area contributed by atoms with Gasteiger partial charge in [-0.25, -0.2) is 9.69 Å². The first-order valence-corrected chi connectivity index (χ1v) is 30.0. The van der Waals surface area contributed by atoms with E-state index in [1.54, 1.807) is 0 Å². The van der Waals surface area contributed by atoms with Crippen molar-refractivity contribution < 1.29 is 17.7 Å². The van der Waals surface area contributed by atoms with Gasteiger partial charge in [-0.2, -0.15) is 0 Å². The van der Waals surface area contributed by atoms with Crippen LogP contribution in [0.4, 0.5) is 11.4 Å². The van der Waals surface area contributed by atoms with Crippen molar-refractivity contribution in [2.75, 3.05) is 0 Å². The van der Waals surface area contributed by atoms with Crippen molar-refractivity contribution in [2.24, 2.45) is 0 Å². The molecule has 0 spiro atoms. The smallest absolute Gasteiger partial charge is 0.225 e. The van der Waals surface area contributed by atoms with Crippen LogP contribution in [0.5, 0.6) is 0 Å². The summed E-state index contributed by atoms with van der Waals surface area (Å²) in [5.41, 5.74) is 15.3. The molecule has 0 aliphatic heterocycles. The quantitative estimate of drug-likeness (QED) is 0.164. The van der Waals surface area contributed by atoms with E-state index in [9.17, 15) is 13.1 Å². The van der Waals surface area contributed by atoms with E-state index in [2.05, 4.69) is 182 Å². The molecule has 10 heteroatoms. The van der Waals surface area contributed by atoms with Crippen molar-refractivity contribution in [1.29, 1.82) is 0 Å². The molecule has 0 aliphatic rings. The lowest BCUT2D eigenvalue weighted by molar-refractivity contribution is 0.672. The maximum atomic E-state index is 10.1. The van der Waals surface area contributed by atoms with Crippen molar-refractivity contribution >= 4 is 186 Å².